The van der Waals surface area contributed by atoms with Crippen molar-refractivity contribution >= 4 is 23.8 Å². The van der Waals surface area contributed by atoms with Gasteiger partial charge in [-0.15, -0.1) is 0 Å². The molecular formula is C12H20N2O3S. The van der Waals surface area contributed by atoms with Gasteiger partial charge in [0.2, 0.25) is 0 Å². The summed E-state index contributed by atoms with van der Waals surface area (Å²) in [5.41, 5.74) is 0. The highest BCUT2D eigenvalue weighted by Gasteiger charge is 2.39. The van der Waals surface area contributed by atoms with Crippen molar-refractivity contribution in [3.63, 3.8) is 0 Å². The SMILES string of the molecule is CC1CCN(C(=O)NCC2CCCS2)C1C(=O)O. The molecule has 0 radical (unpaired) electrons. The van der Waals surface area contributed by atoms with Gasteiger partial charge in [0.05, 0.1) is 0 Å². The van der Waals surface area contributed by atoms with Gasteiger partial charge in [0, 0.05) is 18.3 Å². The number of hydrogen-bond acceptors (Lipinski definition) is 3. The van der Waals surface area contributed by atoms with E-state index in [1.807, 2.05) is 18.7 Å². The van der Waals surface area contributed by atoms with E-state index in [0.29, 0.717) is 18.3 Å². The van der Waals surface area contributed by atoms with Crippen molar-refractivity contribution in [2.45, 2.75) is 37.5 Å². The third kappa shape index (κ3) is 2.91. The number of nitrogens with one attached hydrogen (secondary N) is 1. The van der Waals surface area contributed by atoms with Crippen LogP contribution >= 0.6 is 11.8 Å². The molecule has 0 bridgehead atoms. The average Bonchev–Trinajstić information content (AvgIpc) is 2.94. The minimum absolute atomic E-state index is 0.0362. The summed E-state index contributed by atoms with van der Waals surface area (Å²) in [6.45, 7) is 3.08. The van der Waals surface area contributed by atoms with Gasteiger partial charge >= 0.3 is 12.0 Å². The molecule has 3 atom stereocenters. The molecule has 18 heavy (non-hydrogen) atoms. The molecule has 2 aliphatic rings. The number of carbonyl (C=O) groups is 2. The first kappa shape index (κ1) is 13.5. The Morgan fingerprint density at radius 3 is 2.83 bits per heavy atom. The quantitative estimate of drug-likeness (QED) is 0.814. The number of carbonyl (C=O) groups excluding carboxylic acids is 1. The van der Waals surface area contributed by atoms with Gasteiger partial charge in [-0.1, -0.05) is 6.92 Å². The Kier molecular flexibility index (Phi) is 4.37. The Balaban J connectivity index is 1.85. The molecule has 0 aromatic heterocycles. The van der Waals surface area contributed by atoms with Crippen LogP contribution in [0.1, 0.15) is 26.2 Å². The highest BCUT2D eigenvalue weighted by molar-refractivity contribution is 8.00. The van der Waals surface area contributed by atoms with Crippen LogP contribution in [0.25, 0.3) is 0 Å². The molecule has 6 heteroatoms. The van der Waals surface area contributed by atoms with Crippen molar-refractivity contribution in [3.05, 3.63) is 0 Å². The molecule has 2 aliphatic heterocycles. The molecule has 5 nitrogen and oxygen atoms in total. The van der Waals surface area contributed by atoms with E-state index in [0.717, 1.165) is 12.8 Å². The van der Waals surface area contributed by atoms with Crippen molar-refractivity contribution in [1.82, 2.24) is 10.2 Å². The van der Waals surface area contributed by atoms with E-state index in [1.54, 1.807) is 0 Å². The lowest BCUT2D eigenvalue weighted by Crippen LogP contribution is -2.48. The lowest BCUT2D eigenvalue weighted by atomic mass is 10.0. The second kappa shape index (κ2) is 5.82. The van der Waals surface area contributed by atoms with Gasteiger partial charge in [0.1, 0.15) is 6.04 Å². The second-order valence-electron chi connectivity index (χ2n) is 5.06. The standard InChI is InChI=1S/C12H20N2O3S/c1-8-4-5-14(10(8)11(15)16)12(17)13-7-9-3-2-6-18-9/h8-10H,2-7H2,1H3,(H,13,17)(H,15,16). The average molecular weight is 272 g/mol. The Labute approximate surface area is 111 Å². The Hall–Kier alpha value is -0.910. The van der Waals surface area contributed by atoms with Crippen molar-refractivity contribution < 1.29 is 14.7 Å². The summed E-state index contributed by atoms with van der Waals surface area (Å²) in [5, 5.41) is 12.5. The van der Waals surface area contributed by atoms with Crippen LogP contribution in [0, 0.1) is 5.92 Å². The lowest BCUT2D eigenvalue weighted by Gasteiger charge is -2.24. The van der Waals surface area contributed by atoms with Gasteiger partial charge in [0.25, 0.3) is 0 Å². The van der Waals surface area contributed by atoms with Crippen LogP contribution in [0.2, 0.25) is 0 Å². The van der Waals surface area contributed by atoms with E-state index < -0.39 is 12.0 Å². The minimum Gasteiger partial charge on any atom is -0.480 e. The van der Waals surface area contributed by atoms with Gasteiger partial charge in [-0.2, -0.15) is 11.8 Å². The predicted octanol–water partition coefficient (Wildman–Crippen LogP) is 1.39. The Bertz CT molecular complexity index is 331. The van der Waals surface area contributed by atoms with Crippen molar-refractivity contribution in [3.8, 4) is 0 Å². The fourth-order valence-electron chi connectivity index (χ4n) is 2.66. The second-order valence-corrected chi connectivity index (χ2v) is 6.47. The van der Waals surface area contributed by atoms with Crippen molar-refractivity contribution in [2.75, 3.05) is 18.8 Å². The third-order valence-electron chi connectivity index (χ3n) is 3.72. The fraction of sp³-hybridized carbons (Fsp3) is 0.833. The van der Waals surface area contributed by atoms with Crippen LogP contribution in [0.5, 0.6) is 0 Å². The number of thioether (sulfide) groups is 1. The van der Waals surface area contributed by atoms with Gasteiger partial charge < -0.3 is 15.3 Å². The molecule has 2 N–H and O–H groups in total. The maximum absolute atomic E-state index is 12.0. The van der Waals surface area contributed by atoms with Gasteiger partial charge in [0.15, 0.2) is 0 Å². The summed E-state index contributed by atoms with van der Waals surface area (Å²) < 4.78 is 0. The molecule has 0 aromatic rings. The molecule has 2 saturated heterocycles. The monoisotopic (exact) mass is 272 g/mol. The summed E-state index contributed by atoms with van der Waals surface area (Å²) in [6, 6.07) is -0.888. The normalized spacial score (nSPS) is 31.6. The predicted molar refractivity (Wildman–Crippen MR) is 70.8 cm³/mol. The number of likely N-dealkylation sites (tertiary alicyclic amines) is 1. The molecule has 0 aromatic carbocycles. The number of nitrogens with zero attached hydrogens (tertiary/aromatic N) is 1. The third-order valence-corrected chi connectivity index (χ3v) is 5.12. The van der Waals surface area contributed by atoms with Crippen LogP contribution in [0.15, 0.2) is 0 Å². The summed E-state index contributed by atoms with van der Waals surface area (Å²) >= 11 is 1.88. The van der Waals surface area contributed by atoms with E-state index in [9.17, 15) is 9.59 Å². The zero-order chi connectivity index (χ0) is 13.1. The molecular weight excluding hydrogens is 252 g/mol. The van der Waals surface area contributed by atoms with Gasteiger partial charge in [-0.25, -0.2) is 9.59 Å². The molecule has 2 amide bonds. The first-order valence-corrected chi connectivity index (χ1v) is 7.53. The molecule has 2 rings (SSSR count). The summed E-state index contributed by atoms with van der Waals surface area (Å²) in [5.74, 6) is 0.304. The molecule has 3 unspecified atom stereocenters. The van der Waals surface area contributed by atoms with Crippen LogP contribution < -0.4 is 5.32 Å². The topological polar surface area (TPSA) is 69.6 Å². The summed E-state index contributed by atoms with van der Waals surface area (Å²) in [6.07, 6.45) is 3.12. The smallest absolute Gasteiger partial charge is 0.326 e. The van der Waals surface area contributed by atoms with Crippen molar-refractivity contribution in [1.29, 1.82) is 0 Å². The number of hydrogen-bond donors (Lipinski definition) is 2. The largest absolute Gasteiger partial charge is 0.480 e. The number of carboxylic acid groups (broad SMARTS) is 1. The lowest BCUT2D eigenvalue weighted by molar-refractivity contribution is -0.142. The highest BCUT2D eigenvalue weighted by atomic mass is 32.2. The first-order valence-electron chi connectivity index (χ1n) is 6.48. The minimum atomic E-state index is -0.898. The van der Waals surface area contributed by atoms with Crippen LogP contribution in [-0.4, -0.2) is 52.1 Å². The molecule has 0 spiro atoms. The zero-order valence-corrected chi connectivity index (χ0v) is 11.4. The number of rotatable bonds is 3. The number of carboxylic acids is 1. The highest BCUT2D eigenvalue weighted by Crippen LogP contribution is 2.26. The number of urea groups is 1. The van der Waals surface area contributed by atoms with E-state index in [2.05, 4.69) is 5.32 Å². The molecule has 0 saturated carbocycles. The number of amides is 2. The Morgan fingerprint density at radius 1 is 1.44 bits per heavy atom. The van der Waals surface area contributed by atoms with E-state index >= 15 is 0 Å². The molecule has 102 valence electrons. The maximum atomic E-state index is 12.0. The van der Waals surface area contributed by atoms with Crippen LogP contribution in [0.4, 0.5) is 4.79 Å². The van der Waals surface area contributed by atoms with Gasteiger partial charge in [-0.05, 0) is 30.9 Å². The molecule has 0 aliphatic carbocycles. The van der Waals surface area contributed by atoms with Crippen LogP contribution in [0.3, 0.4) is 0 Å². The van der Waals surface area contributed by atoms with Crippen LogP contribution in [-0.2, 0) is 4.79 Å². The maximum Gasteiger partial charge on any atom is 0.326 e. The van der Waals surface area contributed by atoms with Crippen molar-refractivity contribution in [2.24, 2.45) is 5.92 Å². The number of aliphatic carboxylic acids is 1. The molecule has 2 fully saturated rings. The first-order chi connectivity index (χ1) is 8.59. The van der Waals surface area contributed by atoms with E-state index in [-0.39, 0.29) is 11.9 Å². The fourth-order valence-corrected chi connectivity index (χ4v) is 3.86. The van der Waals surface area contributed by atoms with Gasteiger partial charge in [-0.3, -0.25) is 0 Å². The summed E-state index contributed by atoms with van der Waals surface area (Å²) in [7, 11) is 0. The zero-order valence-electron chi connectivity index (χ0n) is 10.6. The Morgan fingerprint density at radius 2 is 2.22 bits per heavy atom. The van der Waals surface area contributed by atoms with E-state index in [1.165, 1.54) is 17.1 Å². The van der Waals surface area contributed by atoms with E-state index in [4.69, 9.17) is 5.11 Å². The molecule has 2 heterocycles. The summed E-state index contributed by atoms with van der Waals surface area (Å²) in [4.78, 5) is 24.6.